The number of aliphatic carboxylic acids is 1. The van der Waals surface area contributed by atoms with Crippen LogP contribution in [-0.2, 0) is 9.53 Å². The molecule has 1 aliphatic carbocycles. The molecule has 0 radical (unpaired) electrons. The highest BCUT2D eigenvalue weighted by Crippen LogP contribution is 2.28. The molecule has 2 amide bonds. The van der Waals surface area contributed by atoms with Crippen molar-refractivity contribution in [1.82, 2.24) is 10.6 Å². The number of carboxylic acids is 1. The van der Waals surface area contributed by atoms with Crippen LogP contribution in [0.2, 0.25) is 0 Å². The number of hydrogen-bond donors (Lipinski definition) is 3. The van der Waals surface area contributed by atoms with Crippen molar-refractivity contribution in [2.75, 3.05) is 19.8 Å². The molecule has 6 heteroatoms. The molecule has 0 unspecified atom stereocenters. The van der Waals surface area contributed by atoms with Gasteiger partial charge >= 0.3 is 12.0 Å². The van der Waals surface area contributed by atoms with Crippen LogP contribution in [0.1, 0.15) is 26.7 Å². The van der Waals surface area contributed by atoms with Gasteiger partial charge in [0.1, 0.15) is 6.04 Å². The van der Waals surface area contributed by atoms with Gasteiger partial charge in [-0.25, -0.2) is 9.59 Å². The highest BCUT2D eigenvalue weighted by atomic mass is 16.5. The fraction of sp³-hybridized carbons (Fsp3) is 0.833. The molecule has 0 aromatic rings. The molecular formula is C12H22N2O4. The molecule has 1 fully saturated rings. The van der Waals surface area contributed by atoms with E-state index in [0.717, 1.165) is 6.61 Å². The Balaban J connectivity index is 2.08. The van der Waals surface area contributed by atoms with E-state index < -0.39 is 18.0 Å². The van der Waals surface area contributed by atoms with E-state index in [4.69, 9.17) is 9.84 Å². The smallest absolute Gasteiger partial charge is 0.326 e. The monoisotopic (exact) mass is 258 g/mol. The molecule has 1 rings (SSSR count). The van der Waals surface area contributed by atoms with Crippen LogP contribution in [-0.4, -0.2) is 42.9 Å². The van der Waals surface area contributed by atoms with Gasteiger partial charge in [0.05, 0.1) is 6.61 Å². The van der Waals surface area contributed by atoms with Crippen molar-refractivity contribution in [3.63, 3.8) is 0 Å². The van der Waals surface area contributed by atoms with Gasteiger partial charge in [-0.2, -0.15) is 0 Å². The summed E-state index contributed by atoms with van der Waals surface area (Å²) in [4.78, 5) is 22.3. The molecule has 1 saturated carbocycles. The minimum atomic E-state index is -1.02. The molecule has 104 valence electrons. The van der Waals surface area contributed by atoms with Gasteiger partial charge in [0.25, 0.3) is 0 Å². The van der Waals surface area contributed by atoms with Crippen LogP contribution < -0.4 is 10.6 Å². The van der Waals surface area contributed by atoms with Gasteiger partial charge in [-0.05, 0) is 24.7 Å². The average Bonchev–Trinajstić information content (AvgIpc) is 3.08. The van der Waals surface area contributed by atoms with E-state index in [-0.39, 0.29) is 5.92 Å². The molecule has 18 heavy (non-hydrogen) atoms. The van der Waals surface area contributed by atoms with Gasteiger partial charge in [-0.1, -0.05) is 13.8 Å². The molecule has 0 heterocycles. The molecule has 0 aromatic heterocycles. The van der Waals surface area contributed by atoms with E-state index in [2.05, 4.69) is 10.6 Å². The van der Waals surface area contributed by atoms with Crippen molar-refractivity contribution >= 4 is 12.0 Å². The SMILES string of the molecule is CC(C)[C@@H](NC(=O)NCCOCC1CC1)C(=O)O. The van der Waals surface area contributed by atoms with Gasteiger partial charge in [0.15, 0.2) is 0 Å². The highest BCUT2D eigenvalue weighted by molar-refractivity contribution is 5.82. The normalized spacial score (nSPS) is 16.4. The predicted molar refractivity (Wildman–Crippen MR) is 66.3 cm³/mol. The molecule has 1 atom stereocenters. The van der Waals surface area contributed by atoms with Gasteiger partial charge in [0, 0.05) is 13.2 Å². The Morgan fingerprint density at radius 2 is 2.06 bits per heavy atom. The van der Waals surface area contributed by atoms with E-state index in [1.54, 1.807) is 13.8 Å². The van der Waals surface area contributed by atoms with E-state index in [0.29, 0.717) is 19.1 Å². The summed E-state index contributed by atoms with van der Waals surface area (Å²) in [5, 5.41) is 13.9. The molecule has 3 N–H and O–H groups in total. The summed E-state index contributed by atoms with van der Waals surface area (Å²) in [5.74, 6) is -0.472. The minimum absolute atomic E-state index is 0.153. The topological polar surface area (TPSA) is 87.7 Å². The molecule has 0 saturated heterocycles. The molecule has 0 spiro atoms. The largest absolute Gasteiger partial charge is 0.480 e. The van der Waals surface area contributed by atoms with Crippen molar-refractivity contribution in [1.29, 1.82) is 0 Å². The second kappa shape index (κ2) is 7.20. The maximum atomic E-state index is 11.4. The Labute approximate surface area is 107 Å². The predicted octanol–water partition coefficient (Wildman–Crippen LogP) is 0.821. The first-order chi connectivity index (χ1) is 8.50. The third-order valence-corrected chi connectivity index (χ3v) is 2.80. The summed E-state index contributed by atoms with van der Waals surface area (Å²) in [6.45, 7) is 5.11. The minimum Gasteiger partial charge on any atom is -0.480 e. The zero-order valence-corrected chi connectivity index (χ0v) is 10.9. The van der Waals surface area contributed by atoms with Crippen LogP contribution >= 0.6 is 0 Å². The van der Waals surface area contributed by atoms with Crippen molar-refractivity contribution in [3.8, 4) is 0 Å². The van der Waals surface area contributed by atoms with E-state index >= 15 is 0 Å². The van der Waals surface area contributed by atoms with E-state index in [9.17, 15) is 9.59 Å². The molecule has 0 aliphatic heterocycles. The summed E-state index contributed by atoms with van der Waals surface area (Å²) in [6, 6.07) is -1.33. The lowest BCUT2D eigenvalue weighted by Gasteiger charge is -2.18. The Hall–Kier alpha value is -1.30. The number of urea groups is 1. The zero-order valence-electron chi connectivity index (χ0n) is 10.9. The molecule has 0 bridgehead atoms. The Kier molecular flexibility index (Phi) is 5.91. The van der Waals surface area contributed by atoms with Crippen LogP contribution in [0.5, 0.6) is 0 Å². The number of carbonyl (C=O) groups is 2. The lowest BCUT2D eigenvalue weighted by Crippen LogP contribution is -2.49. The van der Waals surface area contributed by atoms with Crippen LogP contribution in [0.4, 0.5) is 4.79 Å². The first kappa shape index (κ1) is 14.8. The Morgan fingerprint density at radius 1 is 1.39 bits per heavy atom. The summed E-state index contributed by atoms with van der Waals surface area (Å²) < 4.78 is 5.35. The number of nitrogens with one attached hydrogen (secondary N) is 2. The maximum absolute atomic E-state index is 11.4. The number of amides is 2. The second-order valence-electron chi connectivity index (χ2n) is 4.98. The van der Waals surface area contributed by atoms with E-state index in [1.807, 2.05) is 0 Å². The number of hydrogen-bond acceptors (Lipinski definition) is 3. The lowest BCUT2D eigenvalue weighted by molar-refractivity contribution is -0.140. The summed E-state index contributed by atoms with van der Waals surface area (Å²) >= 11 is 0. The third-order valence-electron chi connectivity index (χ3n) is 2.80. The van der Waals surface area contributed by atoms with Crippen molar-refractivity contribution in [2.45, 2.75) is 32.7 Å². The van der Waals surface area contributed by atoms with Gasteiger partial charge in [0.2, 0.25) is 0 Å². The Bertz CT molecular complexity index is 290. The summed E-state index contributed by atoms with van der Waals surface area (Å²) in [5.41, 5.74) is 0. The van der Waals surface area contributed by atoms with Gasteiger partial charge in [-0.15, -0.1) is 0 Å². The number of rotatable bonds is 8. The number of ether oxygens (including phenoxy) is 1. The lowest BCUT2D eigenvalue weighted by atomic mass is 10.1. The fourth-order valence-corrected chi connectivity index (χ4v) is 1.48. The molecule has 0 aromatic carbocycles. The quantitative estimate of drug-likeness (QED) is 0.562. The molecule has 1 aliphatic rings. The van der Waals surface area contributed by atoms with Crippen LogP contribution in [0.25, 0.3) is 0 Å². The van der Waals surface area contributed by atoms with Crippen LogP contribution in [0, 0.1) is 11.8 Å². The highest BCUT2D eigenvalue weighted by Gasteiger charge is 2.23. The first-order valence-corrected chi connectivity index (χ1v) is 6.35. The number of carboxylic acid groups (broad SMARTS) is 1. The molecule has 6 nitrogen and oxygen atoms in total. The van der Waals surface area contributed by atoms with Crippen molar-refractivity contribution < 1.29 is 19.4 Å². The van der Waals surface area contributed by atoms with Crippen LogP contribution in [0.15, 0.2) is 0 Å². The van der Waals surface area contributed by atoms with Gasteiger partial charge in [-0.3, -0.25) is 0 Å². The average molecular weight is 258 g/mol. The number of carbonyl (C=O) groups excluding carboxylic acids is 1. The summed E-state index contributed by atoms with van der Waals surface area (Å²) in [6.07, 6.45) is 2.48. The van der Waals surface area contributed by atoms with Gasteiger partial charge < -0.3 is 20.5 Å². The third kappa shape index (κ3) is 5.86. The maximum Gasteiger partial charge on any atom is 0.326 e. The summed E-state index contributed by atoms with van der Waals surface area (Å²) in [7, 11) is 0. The Morgan fingerprint density at radius 3 is 2.56 bits per heavy atom. The standard InChI is InChI=1S/C12H22N2O4/c1-8(2)10(11(15)16)14-12(17)13-5-6-18-7-9-3-4-9/h8-10H,3-7H2,1-2H3,(H,15,16)(H2,13,14,17)/t10-/m1/s1. The van der Waals surface area contributed by atoms with Crippen molar-refractivity contribution in [2.24, 2.45) is 11.8 Å². The first-order valence-electron chi connectivity index (χ1n) is 6.35. The van der Waals surface area contributed by atoms with E-state index in [1.165, 1.54) is 12.8 Å². The fourth-order valence-electron chi connectivity index (χ4n) is 1.48. The zero-order chi connectivity index (χ0) is 13.5. The molecular weight excluding hydrogens is 236 g/mol. The van der Waals surface area contributed by atoms with Crippen LogP contribution in [0.3, 0.4) is 0 Å². The second-order valence-corrected chi connectivity index (χ2v) is 4.98. The van der Waals surface area contributed by atoms with Crippen molar-refractivity contribution in [3.05, 3.63) is 0 Å².